The molecule has 0 radical (unpaired) electrons. The first-order chi connectivity index (χ1) is 13.6. The van der Waals surface area contributed by atoms with Gasteiger partial charge in [-0.3, -0.25) is 4.68 Å². The first-order valence-corrected chi connectivity index (χ1v) is 10.7. The van der Waals surface area contributed by atoms with Crippen molar-refractivity contribution < 1.29 is 4.42 Å². The normalized spacial score (nSPS) is 11.1. The summed E-state index contributed by atoms with van der Waals surface area (Å²) in [5, 5.41) is 12.9. The van der Waals surface area contributed by atoms with Gasteiger partial charge in [0, 0.05) is 4.90 Å². The van der Waals surface area contributed by atoms with Gasteiger partial charge in [0.05, 0.1) is 21.6 Å². The highest BCUT2D eigenvalue weighted by Gasteiger charge is 2.13. The minimum atomic E-state index is 0.469. The van der Waals surface area contributed by atoms with E-state index in [0.717, 1.165) is 15.9 Å². The molecule has 4 rings (SSSR count). The molecule has 5 nitrogen and oxygen atoms in total. The van der Waals surface area contributed by atoms with Gasteiger partial charge in [0.1, 0.15) is 6.54 Å². The van der Waals surface area contributed by atoms with E-state index in [1.165, 1.54) is 16.0 Å². The Morgan fingerprint density at radius 2 is 1.68 bits per heavy atom. The lowest BCUT2D eigenvalue weighted by molar-refractivity contribution is 0.439. The fourth-order valence-corrected chi connectivity index (χ4v) is 4.15. The molecule has 2 aromatic carbocycles. The van der Waals surface area contributed by atoms with Gasteiger partial charge in [-0.15, -0.1) is 22.0 Å². The first kappa shape index (κ1) is 19.0. The minimum Gasteiger partial charge on any atom is -0.422 e. The molecule has 2 aromatic heterocycles. The van der Waals surface area contributed by atoms with Crippen LogP contribution in [0.4, 0.5) is 0 Å². The summed E-state index contributed by atoms with van der Waals surface area (Å²) in [5.41, 5.74) is 4.40. The quantitative estimate of drug-likeness (QED) is 0.352. The number of benzene rings is 2. The van der Waals surface area contributed by atoms with E-state index >= 15 is 0 Å². The Hall–Kier alpha value is -2.38. The molecule has 0 aliphatic heterocycles. The highest BCUT2D eigenvalue weighted by atomic mass is 79.9. The van der Waals surface area contributed by atoms with E-state index < -0.39 is 0 Å². The number of rotatable bonds is 6. The molecule has 4 aromatic rings. The van der Waals surface area contributed by atoms with Gasteiger partial charge in [-0.2, -0.15) is 5.10 Å². The Morgan fingerprint density at radius 3 is 2.43 bits per heavy atom. The second-order valence-electron chi connectivity index (χ2n) is 6.38. The monoisotopic (exact) mass is 454 g/mol. The SMILES string of the molecule is Cc1nn(Cc2nnc(CSc3ccccc3-c3ccccc3)o2)c(C)c1Br. The summed E-state index contributed by atoms with van der Waals surface area (Å²) >= 11 is 5.24. The third kappa shape index (κ3) is 4.05. The Kier molecular flexibility index (Phi) is 5.64. The second-order valence-corrected chi connectivity index (χ2v) is 8.19. The van der Waals surface area contributed by atoms with Gasteiger partial charge in [-0.25, -0.2) is 0 Å². The summed E-state index contributed by atoms with van der Waals surface area (Å²) in [6, 6.07) is 18.7. The van der Waals surface area contributed by atoms with Crippen LogP contribution in [-0.4, -0.2) is 20.0 Å². The molecular formula is C21H19BrN4OS. The standard InChI is InChI=1S/C21H19BrN4OS/c1-14-21(22)15(2)26(25-14)12-19-23-24-20(27-19)13-28-18-11-7-6-10-17(18)16-8-4-3-5-9-16/h3-11H,12-13H2,1-2H3. The molecule has 7 heteroatoms. The minimum absolute atomic E-state index is 0.469. The van der Waals surface area contributed by atoms with Gasteiger partial charge in [0.2, 0.25) is 11.8 Å². The maximum absolute atomic E-state index is 5.84. The van der Waals surface area contributed by atoms with Gasteiger partial charge in [0.25, 0.3) is 0 Å². The lowest BCUT2D eigenvalue weighted by Gasteiger charge is -2.08. The Labute approximate surface area is 176 Å². The van der Waals surface area contributed by atoms with E-state index in [-0.39, 0.29) is 0 Å². The van der Waals surface area contributed by atoms with Crippen LogP contribution in [0, 0.1) is 13.8 Å². The Morgan fingerprint density at radius 1 is 0.964 bits per heavy atom. The van der Waals surface area contributed by atoms with E-state index in [1.807, 2.05) is 24.6 Å². The van der Waals surface area contributed by atoms with Crippen molar-refractivity contribution in [1.29, 1.82) is 0 Å². The topological polar surface area (TPSA) is 56.7 Å². The first-order valence-electron chi connectivity index (χ1n) is 8.90. The van der Waals surface area contributed by atoms with Gasteiger partial charge in [-0.1, -0.05) is 48.5 Å². The van der Waals surface area contributed by atoms with Crippen LogP contribution in [0.5, 0.6) is 0 Å². The molecule has 0 fully saturated rings. The zero-order chi connectivity index (χ0) is 19.5. The van der Waals surface area contributed by atoms with Gasteiger partial charge >= 0.3 is 0 Å². The van der Waals surface area contributed by atoms with Crippen LogP contribution in [0.15, 0.2) is 68.4 Å². The van der Waals surface area contributed by atoms with Crippen molar-refractivity contribution in [3.63, 3.8) is 0 Å². The summed E-state index contributed by atoms with van der Waals surface area (Å²) in [6.07, 6.45) is 0. The van der Waals surface area contributed by atoms with Crippen molar-refractivity contribution in [1.82, 2.24) is 20.0 Å². The molecule has 0 spiro atoms. The highest BCUT2D eigenvalue weighted by molar-refractivity contribution is 9.10. The van der Waals surface area contributed by atoms with Gasteiger partial charge in [0.15, 0.2) is 0 Å². The summed E-state index contributed by atoms with van der Waals surface area (Å²) in [5.74, 6) is 1.80. The lowest BCUT2D eigenvalue weighted by atomic mass is 10.1. The van der Waals surface area contributed by atoms with Crippen LogP contribution in [0.3, 0.4) is 0 Å². The third-order valence-electron chi connectivity index (χ3n) is 4.41. The fraction of sp³-hybridized carbons (Fsp3) is 0.190. The number of hydrogen-bond acceptors (Lipinski definition) is 5. The second kappa shape index (κ2) is 8.32. The van der Waals surface area contributed by atoms with Crippen LogP contribution in [-0.2, 0) is 12.3 Å². The van der Waals surface area contributed by atoms with Crippen molar-refractivity contribution in [3.8, 4) is 11.1 Å². The maximum Gasteiger partial charge on any atom is 0.237 e. The predicted molar refractivity (Wildman–Crippen MR) is 114 cm³/mol. The van der Waals surface area contributed by atoms with Crippen molar-refractivity contribution in [3.05, 3.63) is 82.2 Å². The van der Waals surface area contributed by atoms with Gasteiger partial charge < -0.3 is 4.42 Å². The van der Waals surface area contributed by atoms with E-state index in [1.54, 1.807) is 11.8 Å². The molecule has 0 aliphatic rings. The number of aromatic nitrogens is 4. The Balaban J connectivity index is 1.46. The Bertz CT molecular complexity index is 1090. The largest absolute Gasteiger partial charge is 0.422 e. The van der Waals surface area contributed by atoms with Crippen molar-refractivity contribution in [2.24, 2.45) is 0 Å². The molecule has 0 saturated carbocycles. The highest BCUT2D eigenvalue weighted by Crippen LogP contribution is 2.33. The zero-order valence-corrected chi connectivity index (χ0v) is 18.0. The average Bonchev–Trinajstić information content (AvgIpc) is 3.27. The van der Waals surface area contributed by atoms with Crippen molar-refractivity contribution in [2.75, 3.05) is 0 Å². The molecule has 0 bridgehead atoms. The van der Waals surface area contributed by atoms with E-state index in [2.05, 4.69) is 79.8 Å². The van der Waals surface area contributed by atoms with E-state index in [4.69, 9.17) is 4.42 Å². The molecule has 2 heterocycles. The summed E-state index contributed by atoms with van der Waals surface area (Å²) in [7, 11) is 0. The van der Waals surface area contributed by atoms with Crippen LogP contribution in [0.2, 0.25) is 0 Å². The maximum atomic E-state index is 5.84. The smallest absolute Gasteiger partial charge is 0.237 e. The molecular weight excluding hydrogens is 436 g/mol. The third-order valence-corrected chi connectivity index (χ3v) is 6.62. The number of nitrogens with zero attached hydrogens (tertiary/aromatic N) is 4. The van der Waals surface area contributed by atoms with Crippen LogP contribution >= 0.6 is 27.7 Å². The summed E-state index contributed by atoms with van der Waals surface area (Å²) in [4.78, 5) is 1.19. The number of hydrogen-bond donors (Lipinski definition) is 0. The number of aryl methyl sites for hydroxylation is 1. The molecule has 0 aliphatic carbocycles. The van der Waals surface area contributed by atoms with Crippen molar-refractivity contribution in [2.45, 2.75) is 31.0 Å². The van der Waals surface area contributed by atoms with Crippen LogP contribution < -0.4 is 0 Å². The molecule has 0 N–H and O–H groups in total. The fourth-order valence-electron chi connectivity index (χ4n) is 2.96. The average molecular weight is 455 g/mol. The van der Waals surface area contributed by atoms with Gasteiger partial charge in [-0.05, 0) is 47.0 Å². The zero-order valence-electron chi connectivity index (χ0n) is 15.6. The van der Waals surface area contributed by atoms with E-state index in [0.29, 0.717) is 24.1 Å². The number of halogens is 1. The molecule has 0 unspecified atom stereocenters. The molecule has 142 valence electrons. The lowest BCUT2D eigenvalue weighted by Crippen LogP contribution is -2.04. The van der Waals surface area contributed by atoms with Crippen molar-refractivity contribution >= 4 is 27.7 Å². The molecule has 0 atom stereocenters. The molecule has 0 saturated heterocycles. The predicted octanol–water partition coefficient (Wildman–Crippen LogP) is 5.65. The van der Waals surface area contributed by atoms with Crippen LogP contribution in [0.1, 0.15) is 23.2 Å². The summed E-state index contributed by atoms with van der Waals surface area (Å²) < 4.78 is 8.72. The molecule has 0 amide bonds. The van der Waals surface area contributed by atoms with Crippen LogP contribution in [0.25, 0.3) is 11.1 Å². The number of thioether (sulfide) groups is 1. The molecule has 28 heavy (non-hydrogen) atoms. The van der Waals surface area contributed by atoms with E-state index in [9.17, 15) is 0 Å². The summed E-state index contributed by atoms with van der Waals surface area (Å²) in [6.45, 7) is 4.45.